The van der Waals surface area contributed by atoms with E-state index in [9.17, 15) is 4.79 Å². The molecule has 92 valence electrons. The average molecular weight is 249 g/mol. The second kappa shape index (κ2) is 6.10. The molecule has 0 atom stereocenters. The van der Waals surface area contributed by atoms with Crippen LogP contribution < -0.4 is 0 Å². The minimum absolute atomic E-state index is 0.284. The molecular weight excluding hydrogens is 230 g/mol. The normalized spacial score (nSPS) is 15.9. The van der Waals surface area contributed by atoms with Gasteiger partial charge in [0.25, 0.3) is 0 Å². The van der Waals surface area contributed by atoms with Crippen LogP contribution in [0.4, 0.5) is 0 Å². The highest BCUT2D eigenvalue weighted by Crippen LogP contribution is 2.21. The summed E-state index contributed by atoms with van der Waals surface area (Å²) in [7, 11) is 0. The maximum atomic E-state index is 12.2. The molecule has 3 heteroatoms. The van der Waals surface area contributed by atoms with Crippen LogP contribution in [0.2, 0.25) is 0 Å². The van der Waals surface area contributed by atoms with Crippen molar-refractivity contribution in [3.05, 3.63) is 29.8 Å². The van der Waals surface area contributed by atoms with E-state index in [1.165, 1.54) is 11.3 Å². The molecule has 1 amide bonds. The van der Waals surface area contributed by atoms with Gasteiger partial charge in [-0.2, -0.15) is 0 Å². The van der Waals surface area contributed by atoms with Crippen LogP contribution in [0, 0.1) is 0 Å². The number of rotatable bonds is 3. The van der Waals surface area contributed by atoms with E-state index in [1.807, 2.05) is 17.0 Å². The molecule has 0 aliphatic carbocycles. The number of carbonyl (C=O) groups excluding carboxylic acids is 1. The Morgan fingerprint density at radius 3 is 2.65 bits per heavy atom. The molecule has 17 heavy (non-hydrogen) atoms. The van der Waals surface area contributed by atoms with Crippen molar-refractivity contribution < 1.29 is 4.79 Å². The highest BCUT2D eigenvalue weighted by molar-refractivity contribution is 7.98. The van der Waals surface area contributed by atoms with Crippen molar-refractivity contribution in [1.82, 2.24) is 4.90 Å². The van der Waals surface area contributed by atoms with Gasteiger partial charge in [-0.25, -0.2) is 0 Å². The Balaban J connectivity index is 2.01. The Morgan fingerprint density at radius 2 is 1.94 bits per heavy atom. The first-order valence-corrected chi connectivity index (χ1v) is 7.43. The van der Waals surface area contributed by atoms with Crippen LogP contribution in [0.5, 0.6) is 0 Å². The van der Waals surface area contributed by atoms with Crippen molar-refractivity contribution in [2.45, 2.75) is 30.6 Å². The Bertz CT molecular complexity index is 386. The summed E-state index contributed by atoms with van der Waals surface area (Å²) >= 11 is 1.71. The second-order valence-corrected chi connectivity index (χ2v) is 5.28. The lowest BCUT2D eigenvalue weighted by molar-refractivity contribution is -0.131. The molecule has 1 saturated heterocycles. The number of amides is 1. The molecule has 0 unspecified atom stereocenters. The summed E-state index contributed by atoms with van der Waals surface area (Å²) in [5.41, 5.74) is 1.16. The van der Waals surface area contributed by atoms with Gasteiger partial charge in [-0.3, -0.25) is 4.79 Å². The van der Waals surface area contributed by atoms with Gasteiger partial charge in [0.1, 0.15) is 0 Å². The van der Waals surface area contributed by atoms with Crippen LogP contribution in [-0.4, -0.2) is 30.2 Å². The lowest BCUT2D eigenvalue weighted by Gasteiger charge is -2.27. The van der Waals surface area contributed by atoms with Crippen molar-refractivity contribution in [3.8, 4) is 0 Å². The number of piperidine rings is 1. The van der Waals surface area contributed by atoms with Gasteiger partial charge in [0.2, 0.25) is 5.91 Å². The van der Waals surface area contributed by atoms with Gasteiger partial charge in [-0.15, -0.1) is 11.8 Å². The van der Waals surface area contributed by atoms with E-state index in [-0.39, 0.29) is 5.91 Å². The molecular formula is C14H19NOS. The fraction of sp³-hybridized carbons (Fsp3) is 0.500. The van der Waals surface area contributed by atoms with Crippen LogP contribution in [0.3, 0.4) is 0 Å². The monoisotopic (exact) mass is 249 g/mol. The molecule has 0 aromatic heterocycles. The van der Waals surface area contributed by atoms with Gasteiger partial charge in [0.05, 0.1) is 6.42 Å². The first-order valence-electron chi connectivity index (χ1n) is 6.21. The van der Waals surface area contributed by atoms with Crippen LogP contribution in [0.1, 0.15) is 24.8 Å². The van der Waals surface area contributed by atoms with Crippen LogP contribution in [-0.2, 0) is 11.2 Å². The Morgan fingerprint density at radius 1 is 1.24 bits per heavy atom. The molecule has 1 aromatic rings. The molecule has 1 aromatic carbocycles. The molecule has 1 fully saturated rings. The fourth-order valence-electron chi connectivity index (χ4n) is 2.27. The van der Waals surface area contributed by atoms with Gasteiger partial charge in [0.15, 0.2) is 0 Å². The fourth-order valence-corrected chi connectivity index (χ4v) is 2.88. The number of nitrogens with zero attached hydrogens (tertiary/aromatic N) is 1. The van der Waals surface area contributed by atoms with Gasteiger partial charge in [-0.05, 0) is 37.1 Å². The summed E-state index contributed by atoms with van der Waals surface area (Å²) in [6.07, 6.45) is 6.21. The van der Waals surface area contributed by atoms with Gasteiger partial charge in [-0.1, -0.05) is 18.2 Å². The van der Waals surface area contributed by atoms with Crippen LogP contribution in [0.25, 0.3) is 0 Å². The third-order valence-electron chi connectivity index (χ3n) is 3.24. The lowest BCUT2D eigenvalue weighted by atomic mass is 10.1. The van der Waals surface area contributed by atoms with Crippen molar-refractivity contribution in [2.75, 3.05) is 19.3 Å². The van der Waals surface area contributed by atoms with E-state index in [0.717, 1.165) is 31.5 Å². The molecule has 1 aliphatic heterocycles. The first kappa shape index (κ1) is 12.5. The zero-order valence-electron chi connectivity index (χ0n) is 10.3. The summed E-state index contributed by atoms with van der Waals surface area (Å²) in [5, 5.41) is 0. The Hall–Kier alpha value is -0.960. The number of thioether (sulfide) groups is 1. The van der Waals surface area contributed by atoms with E-state index in [0.29, 0.717) is 6.42 Å². The number of benzene rings is 1. The van der Waals surface area contributed by atoms with E-state index in [1.54, 1.807) is 11.8 Å². The predicted molar refractivity (Wildman–Crippen MR) is 72.4 cm³/mol. The van der Waals surface area contributed by atoms with Gasteiger partial charge < -0.3 is 4.90 Å². The van der Waals surface area contributed by atoms with Crippen molar-refractivity contribution in [3.63, 3.8) is 0 Å². The molecule has 2 nitrogen and oxygen atoms in total. The number of hydrogen-bond donors (Lipinski definition) is 0. The smallest absolute Gasteiger partial charge is 0.227 e. The lowest BCUT2D eigenvalue weighted by Crippen LogP contribution is -2.36. The summed E-state index contributed by atoms with van der Waals surface area (Å²) in [5.74, 6) is 0.284. The molecule has 1 heterocycles. The van der Waals surface area contributed by atoms with Gasteiger partial charge >= 0.3 is 0 Å². The van der Waals surface area contributed by atoms with E-state index < -0.39 is 0 Å². The summed E-state index contributed by atoms with van der Waals surface area (Å²) < 4.78 is 0. The van der Waals surface area contributed by atoms with Gasteiger partial charge in [0, 0.05) is 18.0 Å². The summed E-state index contributed by atoms with van der Waals surface area (Å²) in [6.45, 7) is 1.89. The maximum Gasteiger partial charge on any atom is 0.227 e. The SMILES string of the molecule is CSc1ccccc1CC(=O)N1CCCCC1. The van der Waals surface area contributed by atoms with E-state index in [2.05, 4.69) is 18.4 Å². The minimum atomic E-state index is 0.284. The minimum Gasteiger partial charge on any atom is -0.342 e. The number of likely N-dealkylation sites (tertiary alicyclic amines) is 1. The van der Waals surface area contributed by atoms with E-state index >= 15 is 0 Å². The Kier molecular flexibility index (Phi) is 4.49. The maximum absolute atomic E-state index is 12.2. The van der Waals surface area contributed by atoms with Crippen molar-refractivity contribution in [2.24, 2.45) is 0 Å². The highest BCUT2D eigenvalue weighted by atomic mass is 32.2. The summed E-state index contributed by atoms with van der Waals surface area (Å²) in [4.78, 5) is 15.4. The second-order valence-electron chi connectivity index (χ2n) is 4.43. The first-order chi connectivity index (χ1) is 8.31. The molecule has 0 N–H and O–H groups in total. The Labute approximate surface area is 107 Å². The molecule has 0 spiro atoms. The van der Waals surface area contributed by atoms with Crippen LogP contribution >= 0.6 is 11.8 Å². The topological polar surface area (TPSA) is 20.3 Å². The molecule has 2 rings (SSSR count). The highest BCUT2D eigenvalue weighted by Gasteiger charge is 2.17. The standard InChI is InChI=1S/C14H19NOS/c1-17-13-8-4-3-7-12(13)11-14(16)15-9-5-2-6-10-15/h3-4,7-8H,2,5-6,9-11H2,1H3. The third-order valence-corrected chi connectivity index (χ3v) is 4.08. The molecule has 0 radical (unpaired) electrons. The third kappa shape index (κ3) is 3.25. The summed E-state index contributed by atoms with van der Waals surface area (Å²) in [6, 6.07) is 8.19. The number of hydrogen-bond acceptors (Lipinski definition) is 2. The molecule has 0 saturated carbocycles. The van der Waals surface area contributed by atoms with Crippen molar-refractivity contribution in [1.29, 1.82) is 0 Å². The largest absolute Gasteiger partial charge is 0.342 e. The molecule has 0 bridgehead atoms. The van der Waals surface area contributed by atoms with Crippen molar-refractivity contribution >= 4 is 17.7 Å². The average Bonchev–Trinajstić information content (AvgIpc) is 2.40. The van der Waals surface area contributed by atoms with E-state index in [4.69, 9.17) is 0 Å². The zero-order chi connectivity index (χ0) is 12.1. The predicted octanol–water partition coefficient (Wildman–Crippen LogP) is 2.96. The van der Waals surface area contributed by atoms with Crippen LogP contribution in [0.15, 0.2) is 29.2 Å². The molecule has 1 aliphatic rings. The number of carbonyl (C=O) groups is 1. The zero-order valence-corrected chi connectivity index (χ0v) is 11.1. The quantitative estimate of drug-likeness (QED) is 0.768.